The Morgan fingerprint density at radius 1 is 0.584 bits per heavy atom. The Morgan fingerprint density at radius 2 is 1.03 bits per heavy atom. The van der Waals surface area contributed by atoms with E-state index in [1.165, 1.54) is 6.92 Å². The van der Waals surface area contributed by atoms with Gasteiger partial charge in [0.1, 0.15) is 36.3 Å². The van der Waals surface area contributed by atoms with Gasteiger partial charge in [0, 0.05) is 85.8 Å². The summed E-state index contributed by atoms with van der Waals surface area (Å²) in [5.41, 5.74) is 15.6. The van der Waals surface area contributed by atoms with Crippen molar-refractivity contribution in [2.45, 2.75) is 126 Å². The maximum atomic E-state index is 15.1. The van der Waals surface area contributed by atoms with Crippen LogP contribution in [0.5, 0.6) is 0 Å². The number of carboxylic acid groups (broad SMARTS) is 1. The summed E-state index contributed by atoms with van der Waals surface area (Å²) in [5, 5.41) is 39.3. The Hall–Kier alpha value is -9.63. The van der Waals surface area contributed by atoms with Gasteiger partial charge >= 0.3 is 12.1 Å². The molecule has 1 fully saturated rings. The predicted molar refractivity (Wildman–Crippen MR) is 321 cm³/mol. The van der Waals surface area contributed by atoms with Crippen molar-refractivity contribution in [3.8, 4) is 0 Å². The highest BCUT2D eigenvalue weighted by atomic mass is 19.4. The number of nitrogens with one attached hydrogen (secondary N) is 9. The van der Waals surface area contributed by atoms with Gasteiger partial charge in [0.25, 0.3) is 0 Å². The van der Waals surface area contributed by atoms with Gasteiger partial charge in [-0.05, 0) is 80.0 Å². The molecular weight excluding hydrogens is 1160 g/mol. The first-order valence-electron chi connectivity index (χ1n) is 29.0. The van der Waals surface area contributed by atoms with Crippen molar-refractivity contribution < 1.29 is 71.3 Å². The van der Waals surface area contributed by atoms with Crippen LogP contribution >= 0.6 is 0 Å². The summed E-state index contributed by atoms with van der Waals surface area (Å²) >= 11 is 0. The summed E-state index contributed by atoms with van der Waals surface area (Å²) in [7, 11) is 0. The molecule has 0 saturated carbocycles. The summed E-state index contributed by atoms with van der Waals surface area (Å²) in [4.78, 5) is 144. The van der Waals surface area contributed by atoms with Gasteiger partial charge in [-0.1, -0.05) is 97.1 Å². The third-order valence-electron chi connectivity index (χ3n) is 14.6. The molecule has 0 bridgehead atoms. The van der Waals surface area contributed by atoms with Crippen molar-refractivity contribution in [2.75, 3.05) is 26.2 Å². The molecule has 2 aromatic heterocycles. The number of halogens is 3. The molecule has 4 unspecified atom stereocenters. The van der Waals surface area contributed by atoms with Gasteiger partial charge in [0.2, 0.25) is 53.2 Å². The lowest BCUT2D eigenvalue weighted by molar-refractivity contribution is -0.192. The Labute approximate surface area is 510 Å². The number of primary amides is 1. The van der Waals surface area contributed by atoms with Gasteiger partial charge in [0.05, 0.1) is 12.6 Å². The molecule has 4 aromatic carbocycles. The van der Waals surface area contributed by atoms with Gasteiger partial charge in [0.15, 0.2) is 0 Å². The van der Waals surface area contributed by atoms with Crippen LogP contribution in [0.1, 0.15) is 74.1 Å². The predicted octanol–water partition coefficient (Wildman–Crippen LogP) is 1.98. The van der Waals surface area contributed by atoms with Crippen LogP contribution in [-0.4, -0.2) is 159 Å². The summed E-state index contributed by atoms with van der Waals surface area (Å²) < 4.78 is 31.7. The Morgan fingerprint density at radius 3 is 1.53 bits per heavy atom. The second-order valence-corrected chi connectivity index (χ2v) is 21.5. The first-order valence-corrected chi connectivity index (χ1v) is 29.0. The van der Waals surface area contributed by atoms with Crippen molar-refractivity contribution in [1.29, 1.82) is 0 Å². The second-order valence-electron chi connectivity index (χ2n) is 21.5. The molecule has 6 aromatic rings. The van der Waals surface area contributed by atoms with E-state index < -0.39 is 114 Å². The first-order chi connectivity index (χ1) is 42.5. The van der Waals surface area contributed by atoms with Crippen LogP contribution in [0, 0.1) is 0 Å². The number of fused-ring (bicyclic) bond motifs is 2. The number of aliphatic hydroxyl groups excluding tert-OH is 1. The van der Waals surface area contributed by atoms with Crippen molar-refractivity contribution in [1.82, 2.24) is 52.1 Å². The number of nitrogens with two attached hydrogens (primary N) is 2. The van der Waals surface area contributed by atoms with E-state index in [2.05, 4.69) is 47.2 Å². The number of aliphatic carboxylic acids is 1. The van der Waals surface area contributed by atoms with Crippen molar-refractivity contribution in [3.05, 3.63) is 144 Å². The summed E-state index contributed by atoms with van der Waals surface area (Å²) in [6.07, 6.45) is -2.62. The van der Waals surface area contributed by atoms with E-state index in [0.717, 1.165) is 26.7 Å². The minimum Gasteiger partial charge on any atom is -0.475 e. The number of hydrogen-bond donors (Lipinski definition) is 13. The van der Waals surface area contributed by atoms with Gasteiger partial charge in [-0.2, -0.15) is 13.2 Å². The lowest BCUT2D eigenvalue weighted by Crippen LogP contribution is -2.62. The number of carboxylic acids is 1. The van der Waals surface area contributed by atoms with E-state index in [0.29, 0.717) is 35.1 Å². The smallest absolute Gasteiger partial charge is 0.475 e. The third kappa shape index (κ3) is 21.3. The summed E-state index contributed by atoms with van der Waals surface area (Å²) in [6, 6.07) is 24.1. The minimum absolute atomic E-state index is 0.000336. The molecule has 7 atom stereocenters. The topological polar surface area (TPSA) is 382 Å². The molecule has 0 radical (unpaired) electrons. The van der Waals surface area contributed by atoms with Crippen LogP contribution in [0.2, 0.25) is 0 Å². The zero-order valence-corrected chi connectivity index (χ0v) is 48.9. The zero-order chi connectivity index (χ0) is 64.6. The van der Waals surface area contributed by atoms with E-state index in [1.807, 2.05) is 54.6 Å². The Balaban J connectivity index is 0.00000170. The second kappa shape index (κ2) is 33.5. The normalized spacial score (nSPS) is 20.6. The van der Waals surface area contributed by atoms with Crippen molar-refractivity contribution in [3.63, 3.8) is 0 Å². The number of aliphatic hydroxyl groups is 1. The molecule has 15 N–H and O–H groups in total. The minimum atomic E-state index is -5.08. The number of rotatable bonds is 15. The summed E-state index contributed by atoms with van der Waals surface area (Å²) in [5.74, 6) is -9.38. The van der Waals surface area contributed by atoms with Crippen LogP contribution in [0.25, 0.3) is 21.8 Å². The monoisotopic (exact) mass is 1240 g/mol. The number of alkyl halides is 3. The molecule has 9 amide bonds. The van der Waals surface area contributed by atoms with Gasteiger partial charge < -0.3 is 73.8 Å². The average molecular weight is 1240 g/mol. The Kier molecular flexibility index (Phi) is 25.8. The molecule has 7 rings (SSSR count). The first kappa shape index (κ1) is 68.5. The number of unbranched alkanes of at least 4 members (excludes halogenated alkanes) is 1. The molecule has 1 aliphatic rings. The number of carbonyl (C=O) groups is 10. The lowest BCUT2D eigenvalue weighted by Gasteiger charge is -2.30. The van der Waals surface area contributed by atoms with Gasteiger partial charge in [-0.25, -0.2) is 4.79 Å². The van der Waals surface area contributed by atoms with Gasteiger partial charge in [-0.3, -0.25) is 43.2 Å². The van der Waals surface area contributed by atoms with E-state index >= 15 is 9.59 Å². The number of hydrogen-bond acceptors (Lipinski definition) is 12. The molecule has 476 valence electrons. The molecule has 0 aliphatic carbocycles. The number of carbonyl (C=O) groups excluding carboxylic acids is 9. The number of aromatic nitrogens is 2. The highest BCUT2D eigenvalue weighted by molar-refractivity contribution is 5.99. The number of amides is 9. The molecule has 24 nitrogen and oxygen atoms in total. The maximum absolute atomic E-state index is 15.1. The molecule has 3 heterocycles. The fourth-order valence-electron chi connectivity index (χ4n) is 10.0. The number of aromatic amines is 2. The highest BCUT2D eigenvalue weighted by Crippen LogP contribution is 2.22. The van der Waals surface area contributed by atoms with Gasteiger partial charge in [-0.15, -0.1) is 0 Å². The zero-order valence-electron chi connectivity index (χ0n) is 48.9. The standard InChI is InChI=1S/C60H74N12O10.C2HF3O2/c1-37(73)54-59(81)70-50(31-39-18-6-3-7-19-39)60(82)72(36-51(62)74)29-15-26-52(75)63-28-14-25-53(76)66-47(30-38-16-4-2-5-17-38)56(78)68-49(33-41-35-65-45-23-11-9-21-43(41)45)58(80)69-48(32-40-34-64-44-22-10-8-20-42(40)44)57(79)67-46(55(77)71-54)24-12-13-27-61;3-2(4,5)1(6)7/h2-11,16-23,34-35,37,46-50,54,64-65,73H,12-15,24-33,36,61H2,1H3,(H2,62,74)(H,63,75)(H,66,76)(H,67,79)(H,68,78)(H,69,80)(H,70,81)(H,71,77);(H,6,7)/t37-,46?,47?,48-,49?,50?,54+;/m1./s1. The van der Waals surface area contributed by atoms with Crippen LogP contribution in [0.3, 0.4) is 0 Å². The molecular formula is C62H75F3N12O12. The maximum Gasteiger partial charge on any atom is 0.490 e. The SMILES string of the molecule is C[C@@H](O)[C@@H]1NC(=O)C(CCCCN)NC(=O)[C@@H](Cc2c[nH]c3ccccc23)NC(=O)C(Cc2c[nH]c3ccccc23)NC(=O)C(Cc2ccccc2)NC(=O)CCCNC(=O)CCCN(CC(N)=O)C(=O)C(Cc2ccccc2)NC1=O.O=C(O)C(F)(F)F. The number of nitrogens with zero attached hydrogens (tertiary/aromatic N) is 1. The van der Waals surface area contributed by atoms with E-state index in [9.17, 15) is 51.8 Å². The average Bonchev–Trinajstić information content (AvgIpc) is 4.28. The van der Waals surface area contributed by atoms with Crippen LogP contribution < -0.4 is 48.7 Å². The molecule has 0 spiro atoms. The Bertz CT molecular complexity index is 3400. The van der Waals surface area contributed by atoms with Crippen molar-refractivity contribution >= 4 is 80.9 Å². The highest BCUT2D eigenvalue weighted by Gasteiger charge is 2.39. The lowest BCUT2D eigenvalue weighted by atomic mass is 10.00. The molecule has 27 heteroatoms. The molecule has 1 saturated heterocycles. The van der Waals surface area contributed by atoms with Crippen LogP contribution in [-0.2, 0) is 73.6 Å². The van der Waals surface area contributed by atoms with Crippen LogP contribution in [0.15, 0.2) is 122 Å². The number of para-hydroxylation sites is 2. The number of H-pyrrole nitrogens is 2. The quantitative estimate of drug-likeness (QED) is 0.0655. The number of benzene rings is 4. The van der Waals surface area contributed by atoms with E-state index in [1.54, 1.807) is 67.0 Å². The molecule has 89 heavy (non-hydrogen) atoms. The van der Waals surface area contributed by atoms with Crippen LogP contribution in [0.4, 0.5) is 13.2 Å². The van der Waals surface area contributed by atoms with E-state index in [4.69, 9.17) is 21.4 Å². The third-order valence-corrected chi connectivity index (χ3v) is 14.6. The largest absolute Gasteiger partial charge is 0.490 e. The van der Waals surface area contributed by atoms with E-state index in [-0.39, 0.29) is 77.4 Å². The van der Waals surface area contributed by atoms with Crippen molar-refractivity contribution in [2.24, 2.45) is 11.5 Å². The summed E-state index contributed by atoms with van der Waals surface area (Å²) in [6.45, 7) is 0.898. The fourth-order valence-corrected chi connectivity index (χ4v) is 10.0. The fraction of sp³-hybridized carbons (Fsp3) is 0.387. The molecule has 1 aliphatic heterocycles.